The number of aromatic nitrogens is 4. The van der Waals surface area contributed by atoms with Crippen LogP contribution in [-0.4, -0.2) is 19.1 Å². The number of rotatable bonds is 6. The van der Waals surface area contributed by atoms with Crippen LogP contribution in [0.1, 0.15) is 36.7 Å². The van der Waals surface area contributed by atoms with Crippen LogP contribution in [0.25, 0.3) is 94.2 Å². The highest BCUT2D eigenvalue weighted by Gasteiger charge is 2.45. The highest BCUT2D eigenvalue weighted by atomic mass is 15.0. The molecule has 0 aliphatic heterocycles. The molecule has 0 amide bonds. The van der Waals surface area contributed by atoms with Crippen LogP contribution in [0.2, 0.25) is 0 Å². The van der Waals surface area contributed by atoms with E-state index in [1.807, 2.05) is 12.1 Å². The predicted molar refractivity (Wildman–Crippen MR) is 270 cm³/mol. The Labute approximate surface area is 378 Å². The average Bonchev–Trinajstić information content (AvgIpc) is 3.96. The highest BCUT2D eigenvalue weighted by molar-refractivity contribution is 6.12. The smallest absolute Gasteiger partial charge is 0.160 e. The maximum Gasteiger partial charge on any atom is 0.160 e. The molecular formula is C61H44N4. The van der Waals surface area contributed by atoms with E-state index in [9.17, 15) is 0 Å². The Kier molecular flexibility index (Phi) is 8.35. The second-order valence-corrected chi connectivity index (χ2v) is 18.2. The number of allylic oxidation sites excluding steroid dienone is 4. The third-order valence-electron chi connectivity index (χ3n) is 14.2. The zero-order valence-corrected chi connectivity index (χ0v) is 36.2. The first kappa shape index (κ1) is 37.5. The van der Waals surface area contributed by atoms with Gasteiger partial charge in [-0.05, 0) is 100 Å². The van der Waals surface area contributed by atoms with Crippen LogP contribution in [0.4, 0.5) is 0 Å². The van der Waals surface area contributed by atoms with E-state index in [2.05, 4.69) is 229 Å². The average molecular weight is 833 g/mol. The van der Waals surface area contributed by atoms with Gasteiger partial charge in [0.05, 0.1) is 33.5 Å². The van der Waals surface area contributed by atoms with Crippen molar-refractivity contribution < 1.29 is 0 Å². The summed E-state index contributed by atoms with van der Waals surface area (Å²) in [5, 5.41) is 5.02. The SMILES string of the molecule is CC1(C)c2cc(-n3c4ccccc4c4cc(-c5ccc6c(c5)c5ccccc5n6-c5ccccc5)ccc43)ccc2C2C=CC(c3nc(-c4ccccc4)cc(-c4ccccc4)n3)=CC21. The lowest BCUT2D eigenvalue weighted by atomic mass is 9.73. The molecule has 308 valence electrons. The van der Waals surface area contributed by atoms with Crippen molar-refractivity contribution in [2.45, 2.75) is 25.2 Å². The summed E-state index contributed by atoms with van der Waals surface area (Å²) in [7, 11) is 0. The number of nitrogens with zero attached hydrogens (tertiary/aromatic N) is 4. The Hall–Kier alpha value is -8.08. The van der Waals surface area contributed by atoms with Gasteiger partial charge in [0.15, 0.2) is 5.82 Å². The summed E-state index contributed by atoms with van der Waals surface area (Å²) in [6.45, 7) is 4.83. The summed E-state index contributed by atoms with van der Waals surface area (Å²) in [4.78, 5) is 10.4. The van der Waals surface area contributed by atoms with Crippen molar-refractivity contribution in [3.8, 4) is 45.0 Å². The van der Waals surface area contributed by atoms with Crippen LogP contribution >= 0.6 is 0 Å². The van der Waals surface area contributed by atoms with E-state index in [0.717, 1.165) is 33.9 Å². The summed E-state index contributed by atoms with van der Waals surface area (Å²) < 4.78 is 4.85. The minimum absolute atomic E-state index is 0.139. The van der Waals surface area contributed by atoms with Gasteiger partial charge in [-0.1, -0.05) is 166 Å². The Morgan fingerprint density at radius 3 is 1.52 bits per heavy atom. The van der Waals surface area contributed by atoms with Gasteiger partial charge >= 0.3 is 0 Å². The van der Waals surface area contributed by atoms with Crippen molar-refractivity contribution >= 4 is 49.2 Å². The molecule has 2 aliphatic carbocycles. The van der Waals surface area contributed by atoms with Gasteiger partial charge in [-0.15, -0.1) is 0 Å². The topological polar surface area (TPSA) is 35.6 Å². The zero-order chi connectivity index (χ0) is 43.2. The molecule has 2 aliphatic rings. The quantitative estimate of drug-likeness (QED) is 0.167. The maximum atomic E-state index is 5.20. The lowest BCUT2D eigenvalue weighted by Gasteiger charge is -2.30. The molecule has 11 aromatic rings. The normalized spacial score (nSPS) is 16.3. The minimum atomic E-state index is -0.139. The van der Waals surface area contributed by atoms with Crippen molar-refractivity contribution in [3.05, 3.63) is 235 Å². The van der Waals surface area contributed by atoms with Gasteiger partial charge in [-0.3, -0.25) is 0 Å². The lowest BCUT2D eigenvalue weighted by Crippen LogP contribution is -2.25. The molecule has 2 atom stereocenters. The minimum Gasteiger partial charge on any atom is -0.309 e. The Morgan fingerprint density at radius 1 is 0.431 bits per heavy atom. The van der Waals surface area contributed by atoms with Gasteiger partial charge in [-0.25, -0.2) is 9.97 Å². The largest absolute Gasteiger partial charge is 0.309 e. The molecule has 3 heterocycles. The van der Waals surface area contributed by atoms with Crippen LogP contribution in [0.5, 0.6) is 0 Å². The second-order valence-electron chi connectivity index (χ2n) is 18.2. The molecule has 4 heteroatoms. The second kappa shape index (κ2) is 14.5. The Morgan fingerprint density at radius 2 is 0.938 bits per heavy atom. The molecular weight excluding hydrogens is 789 g/mol. The van der Waals surface area contributed by atoms with Crippen LogP contribution < -0.4 is 0 Å². The summed E-state index contributed by atoms with van der Waals surface area (Å²) in [6.07, 6.45) is 7.09. The fourth-order valence-corrected chi connectivity index (χ4v) is 11.0. The third kappa shape index (κ3) is 5.91. The van der Waals surface area contributed by atoms with E-state index in [1.54, 1.807) is 0 Å². The number of para-hydroxylation sites is 3. The number of hydrogen-bond donors (Lipinski definition) is 0. The molecule has 0 radical (unpaired) electrons. The van der Waals surface area contributed by atoms with Crippen LogP contribution in [0.3, 0.4) is 0 Å². The summed E-state index contributed by atoms with van der Waals surface area (Å²) in [5.74, 6) is 1.27. The number of benzene rings is 8. The van der Waals surface area contributed by atoms with Crippen molar-refractivity contribution in [2.24, 2.45) is 5.92 Å². The molecule has 65 heavy (non-hydrogen) atoms. The van der Waals surface area contributed by atoms with Crippen LogP contribution in [0.15, 0.2) is 218 Å². The molecule has 0 saturated carbocycles. The van der Waals surface area contributed by atoms with E-state index in [-0.39, 0.29) is 17.3 Å². The first-order chi connectivity index (χ1) is 32.0. The van der Waals surface area contributed by atoms with E-state index < -0.39 is 0 Å². The molecule has 0 N–H and O–H groups in total. The Balaban J connectivity index is 0.888. The van der Waals surface area contributed by atoms with Gasteiger partial charge in [0, 0.05) is 55.5 Å². The molecule has 13 rings (SSSR count). The van der Waals surface area contributed by atoms with Gasteiger partial charge < -0.3 is 9.13 Å². The molecule has 2 unspecified atom stereocenters. The summed E-state index contributed by atoms with van der Waals surface area (Å²) in [6, 6.07) is 72.4. The molecule has 0 spiro atoms. The Bertz CT molecular complexity index is 3680. The van der Waals surface area contributed by atoms with Gasteiger partial charge in [0.2, 0.25) is 0 Å². The molecule has 8 aromatic carbocycles. The number of hydrogen-bond acceptors (Lipinski definition) is 2. The van der Waals surface area contributed by atoms with Crippen LogP contribution in [-0.2, 0) is 5.41 Å². The molecule has 0 bridgehead atoms. The first-order valence-corrected chi connectivity index (χ1v) is 22.7. The van der Waals surface area contributed by atoms with Crippen molar-refractivity contribution in [1.29, 1.82) is 0 Å². The fraction of sp³-hybridized carbons (Fsp3) is 0.0820. The summed E-state index contributed by atoms with van der Waals surface area (Å²) >= 11 is 0. The van der Waals surface area contributed by atoms with Crippen molar-refractivity contribution in [2.75, 3.05) is 0 Å². The molecule has 3 aromatic heterocycles. The molecule has 0 fully saturated rings. The molecule has 4 nitrogen and oxygen atoms in total. The van der Waals surface area contributed by atoms with Gasteiger partial charge in [0.1, 0.15) is 0 Å². The molecule has 0 saturated heterocycles. The fourth-order valence-electron chi connectivity index (χ4n) is 11.0. The van der Waals surface area contributed by atoms with E-state index in [0.29, 0.717) is 0 Å². The van der Waals surface area contributed by atoms with Gasteiger partial charge in [0.25, 0.3) is 0 Å². The van der Waals surface area contributed by atoms with Crippen LogP contribution in [0, 0.1) is 5.92 Å². The zero-order valence-electron chi connectivity index (χ0n) is 36.2. The predicted octanol–water partition coefficient (Wildman–Crippen LogP) is 15.3. The van der Waals surface area contributed by atoms with E-state index in [4.69, 9.17) is 9.97 Å². The van der Waals surface area contributed by atoms with E-state index in [1.165, 1.54) is 77.2 Å². The third-order valence-corrected chi connectivity index (χ3v) is 14.2. The first-order valence-electron chi connectivity index (χ1n) is 22.7. The maximum absolute atomic E-state index is 5.20. The van der Waals surface area contributed by atoms with Crippen molar-refractivity contribution in [1.82, 2.24) is 19.1 Å². The van der Waals surface area contributed by atoms with E-state index >= 15 is 0 Å². The van der Waals surface area contributed by atoms with Crippen molar-refractivity contribution in [3.63, 3.8) is 0 Å². The number of fused-ring (bicyclic) bond motifs is 9. The standard InChI is InChI=1S/C61H44N4/c1-61(2)52-36-43(60-62-54(39-16-6-3-7-17-39)38-55(63-60)40-18-8-4-9-19-40)26-30-46(52)47-31-29-45(37-53(47)61)65-57-25-15-13-23-49(57)51-35-42(28-33-59(51)65)41-27-32-58-50(34-41)48-22-12-14-24-56(48)64(58)44-20-10-5-11-21-44/h3-38,46,52H,1-2H3. The lowest BCUT2D eigenvalue weighted by molar-refractivity contribution is 0.395. The summed E-state index contributed by atoms with van der Waals surface area (Å²) in [5.41, 5.74) is 17.4. The monoisotopic (exact) mass is 832 g/mol. The van der Waals surface area contributed by atoms with Gasteiger partial charge in [-0.2, -0.15) is 0 Å². The highest BCUT2D eigenvalue weighted by Crippen LogP contribution is 2.55.